The van der Waals surface area contributed by atoms with Gasteiger partial charge in [0.05, 0.1) is 6.10 Å². The van der Waals surface area contributed by atoms with E-state index < -0.39 is 6.10 Å². The Hall–Kier alpha value is -0.0500. The van der Waals surface area contributed by atoms with Crippen LogP contribution in [0.5, 0.6) is 0 Å². The Kier molecular flexibility index (Phi) is 5.11. The molecular weight excluding hydrogens is 312 g/mol. The second kappa shape index (κ2) is 6.40. The molecule has 0 heterocycles. The van der Waals surface area contributed by atoms with E-state index >= 15 is 0 Å². The van der Waals surface area contributed by atoms with Crippen molar-refractivity contribution in [1.29, 1.82) is 0 Å². The first-order chi connectivity index (χ1) is 8.61. The van der Waals surface area contributed by atoms with Crippen LogP contribution in [0.3, 0.4) is 0 Å². The van der Waals surface area contributed by atoms with E-state index in [1.165, 1.54) is 19.3 Å². The molecule has 0 bridgehead atoms. The number of benzene rings is 1. The molecule has 1 aliphatic carbocycles. The second-order valence-corrected chi connectivity index (χ2v) is 6.62. The quantitative estimate of drug-likeness (QED) is 0.791. The lowest BCUT2D eigenvalue weighted by molar-refractivity contribution is 0.0730. The van der Waals surface area contributed by atoms with E-state index in [1.54, 1.807) is 0 Å². The van der Waals surface area contributed by atoms with E-state index in [0.29, 0.717) is 10.9 Å². The van der Waals surface area contributed by atoms with Gasteiger partial charge in [0.15, 0.2) is 0 Å². The van der Waals surface area contributed by atoms with Gasteiger partial charge in [-0.25, -0.2) is 0 Å². The highest BCUT2D eigenvalue weighted by Gasteiger charge is 2.27. The summed E-state index contributed by atoms with van der Waals surface area (Å²) in [4.78, 5) is 0. The molecule has 1 N–H and O–H groups in total. The van der Waals surface area contributed by atoms with Crippen LogP contribution >= 0.6 is 27.5 Å². The molecule has 1 nitrogen and oxygen atoms in total. The molecule has 0 aromatic heterocycles. The fourth-order valence-corrected chi connectivity index (χ4v) is 3.52. The van der Waals surface area contributed by atoms with Crippen LogP contribution < -0.4 is 0 Å². The Morgan fingerprint density at radius 2 is 2.00 bits per heavy atom. The van der Waals surface area contributed by atoms with Gasteiger partial charge in [0.1, 0.15) is 0 Å². The van der Waals surface area contributed by atoms with Crippen LogP contribution in [-0.4, -0.2) is 5.11 Å². The average Bonchev–Trinajstić information content (AvgIpc) is 2.41. The lowest BCUT2D eigenvalue weighted by Crippen LogP contribution is -2.20. The third-order valence-corrected chi connectivity index (χ3v) is 5.03. The van der Waals surface area contributed by atoms with E-state index in [9.17, 15) is 5.11 Å². The molecule has 0 amide bonds. The maximum absolute atomic E-state index is 10.5. The zero-order valence-electron chi connectivity index (χ0n) is 10.7. The topological polar surface area (TPSA) is 20.2 Å². The van der Waals surface area contributed by atoms with Crippen LogP contribution in [0.15, 0.2) is 22.7 Å². The zero-order valence-corrected chi connectivity index (χ0v) is 13.0. The van der Waals surface area contributed by atoms with Crippen molar-refractivity contribution in [2.24, 2.45) is 11.8 Å². The molecule has 0 aliphatic heterocycles. The van der Waals surface area contributed by atoms with Gasteiger partial charge in [0.2, 0.25) is 0 Å². The summed E-state index contributed by atoms with van der Waals surface area (Å²) in [7, 11) is 0. The number of hydrogen-bond acceptors (Lipinski definition) is 1. The van der Waals surface area contributed by atoms with Crippen LogP contribution in [0.1, 0.15) is 50.7 Å². The van der Waals surface area contributed by atoms with Gasteiger partial charge in [-0.1, -0.05) is 53.7 Å². The summed E-state index contributed by atoms with van der Waals surface area (Å²) in [6, 6.07) is 5.70. The minimum absolute atomic E-state index is 0.361. The summed E-state index contributed by atoms with van der Waals surface area (Å²) in [5.41, 5.74) is 0.867. The molecular formula is C15H20BrClO. The predicted molar refractivity (Wildman–Crippen MR) is 79.9 cm³/mol. The van der Waals surface area contributed by atoms with Gasteiger partial charge >= 0.3 is 0 Å². The smallest absolute Gasteiger partial charge is 0.0832 e. The lowest BCUT2D eigenvalue weighted by atomic mass is 9.77. The molecule has 100 valence electrons. The fourth-order valence-electron chi connectivity index (χ4n) is 2.91. The standard InChI is InChI=1S/C15H20BrClO/c1-2-10-3-5-11(6-4-10)15(18)13-9-12(16)7-8-14(13)17/h7-11,15,18H,2-6H2,1H3. The summed E-state index contributed by atoms with van der Waals surface area (Å²) < 4.78 is 0.975. The van der Waals surface area contributed by atoms with E-state index in [1.807, 2.05) is 18.2 Å². The fraction of sp³-hybridized carbons (Fsp3) is 0.600. The molecule has 1 atom stereocenters. The van der Waals surface area contributed by atoms with Crippen LogP contribution in [0.4, 0.5) is 0 Å². The SMILES string of the molecule is CCC1CCC(C(O)c2cc(Br)ccc2Cl)CC1. The zero-order chi connectivity index (χ0) is 13.1. The van der Waals surface area contributed by atoms with Gasteiger partial charge < -0.3 is 5.11 Å². The third-order valence-electron chi connectivity index (χ3n) is 4.19. The molecule has 1 saturated carbocycles. The maximum Gasteiger partial charge on any atom is 0.0832 e. The van der Waals surface area contributed by atoms with E-state index in [4.69, 9.17) is 11.6 Å². The van der Waals surface area contributed by atoms with Gasteiger partial charge in [-0.3, -0.25) is 0 Å². The molecule has 0 radical (unpaired) electrons. The highest BCUT2D eigenvalue weighted by molar-refractivity contribution is 9.10. The van der Waals surface area contributed by atoms with Crippen molar-refractivity contribution in [2.45, 2.75) is 45.1 Å². The highest BCUT2D eigenvalue weighted by Crippen LogP contribution is 2.40. The normalized spacial score (nSPS) is 26.0. The molecule has 2 rings (SSSR count). The molecule has 1 unspecified atom stereocenters. The summed E-state index contributed by atoms with van der Waals surface area (Å²) in [5, 5.41) is 11.2. The van der Waals surface area contributed by atoms with Gasteiger partial charge in [-0.2, -0.15) is 0 Å². The van der Waals surface area contributed by atoms with Crippen molar-refractivity contribution in [1.82, 2.24) is 0 Å². The number of hydrogen-bond donors (Lipinski definition) is 1. The van der Waals surface area contributed by atoms with Crippen molar-refractivity contribution in [3.8, 4) is 0 Å². The monoisotopic (exact) mass is 330 g/mol. The van der Waals surface area contributed by atoms with Crippen molar-refractivity contribution >= 4 is 27.5 Å². The number of aliphatic hydroxyl groups excluding tert-OH is 1. The van der Waals surface area contributed by atoms with Crippen molar-refractivity contribution in [3.05, 3.63) is 33.3 Å². The Labute approximate surface area is 123 Å². The number of rotatable bonds is 3. The molecule has 0 spiro atoms. The summed E-state index contributed by atoms with van der Waals surface area (Å²) >= 11 is 9.63. The first-order valence-corrected chi connectivity index (χ1v) is 7.92. The first kappa shape index (κ1) is 14.4. The van der Waals surface area contributed by atoms with Crippen LogP contribution in [0, 0.1) is 11.8 Å². The molecule has 1 aromatic rings. The van der Waals surface area contributed by atoms with Crippen molar-refractivity contribution in [2.75, 3.05) is 0 Å². The molecule has 0 saturated heterocycles. The molecule has 1 aliphatic rings. The van der Waals surface area contributed by atoms with Gasteiger partial charge in [0.25, 0.3) is 0 Å². The molecule has 3 heteroatoms. The van der Waals surface area contributed by atoms with Crippen molar-refractivity contribution in [3.63, 3.8) is 0 Å². The van der Waals surface area contributed by atoms with Crippen LogP contribution in [-0.2, 0) is 0 Å². The molecule has 1 aromatic carbocycles. The average molecular weight is 332 g/mol. The van der Waals surface area contributed by atoms with E-state index in [-0.39, 0.29) is 0 Å². The van der Waals surface area contributed by atoms with Gasteiger partial charge in [0, 0.05) is 15.1 Å². The van der Waals surface area contributed by atoms with Crippen LogP contribution in [0.2, 0.25) is 5.02 Å². The number of aliphatic hydroxyl groups is 1. The predicted octanol–water partition coefficient (Wildman–Crippen LogP) is 5.35. The molecule has 1 fully saturated rings. The Morgan fingerprint density at radius 3 is 2.61 bits per heavy atom. The third kappa shape index (κ3) is 3.28. The lowest BCUT2D eigenvalue weighted by Gasteiger charge is -2.31. The highest BCUT2D eigenvalue weighted by atomic mass is 79.9. The first-order valence-electron chi connectivity index (χ1n) is 6.74. The second-order valence-electron chi connectivity index (χ2n) is 5.30. The van der Waals surface area contributed by atoms with Crippen molar-refractivity contribution < 1.29 is 5.11 Å². The van der Waals surface area contributed by atoms with Gasteiger partial charge in [-0.05, 0) is 42.9 Å². The van der Waals surface area contributed by atoms with E-state index in [2.05, 4.69) is 22.9 Å². The minimum Gasteiger partial charge on any atom is -0.388 e. The largest absolute Gasteiger partial charge is 0.388 e. The summed E-state index contributed by atoms with van der Waals surface area (Å²) in [6.07, 6.45) is 5.55. The van der Waals surface area contributed by atoms with E-state index in [0.717, 1.165) is 28.8 Å². The van der Waals surface area contributed by atoms with Gasteiger partial charge in [-0.15, -0.1) is 0 Å². The maximum atomic E-state index is 10.5. The Balaban J connectivity index is 2.07. The Morgan fingerprint density at radius 1 is 1.33 bits per heavy atom. The summed E-state index contributed by atoms with van der Waals surface area (Å²) in [5.74, 6) is 1.21. The number of halogens is 2. The van der Waals surface area contributed by atoms with Crippen LogP contribution in [0.25, 0.3) is 0 Å². The molecule has 18 heavy (non-hydrogen) atoms. The summed E-state index contributed by atoms with van der Waals surface area (Å²) in [6.45, 7) is 2.26. The minimum atomic E-state index is -0.423. The Bertz CT molecular complexity index is 399.